The molecule has 26 heavy (non-hydrogen) atoms. The van der Waals surface area contributed by atoms with Crippen molar-refractivity contribution >= 4 is 11.8 Å². The number of carbonyl (C=O) groups excluding carboxylic acids is 2. The molecule has 2 amide bonds. The Labute approximate surface area is 151 Å². The van der Waals surface area contributed by atoms with Gasteiger partial charge in [-0.3, -0.25) is 9.59 Å². The highest BCUT2D eigenvalue weighted by molar-refractivity contribution is 5.96. The molecule has 0 saturated carbocycles. The van der Waals surface area contributed by atoms with E-state index >= 15 is 0 Å². The molecule has 1 aliphatic rings. The first-order valence-corrected chi connectivity index (χ1v) is 8.19. The van der Waals surface area contributed by atoms with E-state index in [0.717, 1.165) is 16.9 Å². The number of methoxy groups -OCH3 is 1. The van der Waals surface area contributed by atoms with Gasteiger partial charge in [0.1, 0.15) is 12.2 Å². The molecule has 0 bridgehead atoms. The second-order valence-electron chi connectivity index (χ2n) is 5.77. The molecule has 2 N–H and O–H groups in total. The van der Waals surface area contributed by atoms with Crippen molar-refractivity contribution in [1.29, 1.82) is 0 Å². The highest BCUT2D eigenvalue weighted by atomic mass is 16.7. The lowest BCUT2D eigenvalue weighted by Gasteiger charge is -2.08. The van der Waals surface area contributed by atoms with E-state index in [0.29, 0.717) is 24.6 Å². The summed E-state index contributed by atoms with van der Waals surface area (Å²) in [6, 6.07) is 12.8. The van der Waals surface area contributed by atoms with Crippen molar-refractivity contribution in [3.63, 3.8) is 0 Å². The number of carbonyl (C=O) groups is 2. The second-order valence-corrected chi connectivity index (χ2v) is 5.77. The van der Waals surface area contributed by atoms with Gasteiger partial charge < -0.3 is 24.8 Å². The predicted molar refractivity (Wildman–Crippen MR) is 93.9 cm³/mol. The van der Waals surface area contributed by atoms with Crippen LogP contribution in [0.15, 0.2) is 42.5 Å². The zero-order chi connectivity index (χ0) is 18.4. The largest absolute Gasteiger partial charge is 0.497 e. The van der Waals surface area contributed by atoms with Crippen molar-refractivity contribution < 1.29 is 23.8 Å². The SMILES string of the molecule is COc1ccc(CNC(=O)CC(=O)NCc2ccc3c(c2)OCO3)cc1. The van der Waals surface area contributed by atoms with Crippen LogP contribution >= 0.6 is 0 Å². The number of benzene rings is 2. The zero-order valence-corrected chi connectivity index (χ0v) is 14.4. The first-order valence-electron chi connectivity index (χ1n) is 8.19. The monoisotopic (exact) mass is 356 g/mol. The summed E-state index contributed by atoms with van der Waals surface area (Å²) in [7, 11) is 1.60. The van der Waals surface area contributed by atoms with Gasteiger partial charge in [-0.25, -0.2) is 0 Å². The van der Waals surface area contributed by atoms with Crippen LogP contribution in [-0.4, -0.2) is 25.7 Å². The third-order valence-electron chi connectivity index (χ3n) is 3.90. The Bertz CT molecular complexity index is 789. The normalized spacial score (nSPS) is 11.7. The van der Waals surface area contributed by atoms with Gasteiger partial charge in [0, 0.05) is 13.1 Å². The Balaban J connectivity index is 1.40. The summed E-state index contributed by atoms with van der Waals surface area (Å²) in [6.07, 6.45) is -0.222. The Hall–Kier alpha value is -3.22. The molecule has 7 nitrogen and oxygen atoms in total. The summed E-state index contributed by atoms with van der Waals surface area (Å²) in [4.78, 5) is 23.8. The van der Waals surface area contributed by atoms with E-state index in [1.54, 1.807) is 13.2 Å². The van der Waals surface area contributed by atoms with Crippen LogP contribution in [-0.2, 0) is 22.7 Å². The molecule has 2 aromatic rings. The molecule has 0 fully saturated rings. The molecule has 0 saturated heterocycles. The summed E-state index contributed by atoms with van der Waals surface area (Å²) in [5, 5.41) is 5.44. The Morgan fingerprint density at radius 2 is 1.54 bits per heavy atom. The molecule has 0 unspecified atom stereocenters. The molecule has 0 radical (unpaired) electrons. The Morgan fingerprint density at radius 3 is 2.23 bits per heavy atom. The molecule has 3 rings (SSSR count). The van der Waals surface area contributed by atoms with E-state index in [1.807, 2.05) is 36.4 Å². The highest BCUT2D eigenvalue weighted by Gasteiger charge is 2.14. The van der Waals surface area contributed by atoms with Crippen LogP contribution in [0.25, 0.3) is 0 Å². The van der Waals surface area contributed by atoms with Gasteiger partial charge >= 0.3 is 0 Å². The Kier molecular flexibility index (Phi) is 5.58. The lowest BCUT2D eigenvalue weighted by atomic mass is 10.2. The van der Waals surface area contributed by atoms with Gasteiger partial charge in [0.2, 0.25) is 18.6 Å². The van der Waals surface area contributed by atoms with Gasteiger partial charge in [0.25, 0.3) is 0 Å². The van der Waals surface area contributed by atoms with E-state index in [9.17, 15) is 9.59 Å². The molecule has 1 aliphatic heterocycles. The second kappa shape index (κ2) is 8.24. The van der Waals surface area contributed by atoms with Crippen LogP contribution < -0.4 is 24.8 Å². The lowest BCUT2D eigenvalue weighted by molar-refractivity contribution is -0.129. The van der Waals surface area contributed by atoms with E-state index in [-0.39, 0.29) is 25.0 Å². The number of fused-ring (bicyclic) bond motifs is 1. The van der Waals surface area contributed by atoms with E-state index in [1.165, 1.54) is 0 Å². The Morgan fingerprint density at radius 1 is 0.923 bits per heavy atom. The van der Waals surface area contributed by atoms with Crippen molar-refractivity contribution in [1.82, 2.24) is 10.6 Å². The van der Waals surface area contributed by atoms with Crippen LogP contribution in [0.2, 0.25) is 0 Å². The summed E-state index contributed by atoms with van der Waals surface area (Å²) >= 11 is 0. The van der Waals surface area contributed by atoms with E-state index in [4.69, 9.17) is 14.2 Å². The molecule has 7 heteroatoms. The summed E-state index contributed by atoms with van der Waals surface area (Å²) < 4.78 is 15.6. The van der Waals surface area contributed by atoms with Crippen LogP contribution in [0.4, 0.5) is 0 Å². The summed E-state index contributed by atoms with van der Waals surface area (Å²) in [6.45, 7) is 0.888. The minimum Gasteiger partial charge on any atom is -0.497 e. The third kappa shape index (κ3) is 4.66. The maximum absolute atomic E-state index is 11.9. The van der Waals surface area contributed by atoms with Crippen molar-refractivity contribution in [2.75, 3.05) is 13.9 Å². The van der Waals surface area contributed by atoms with E-state index in [2.05, 4.69) is 10.6 Å². The van der Waals surface area contributed by atoms with Crippen molar-refractivity contribution in [2.45, 2.75) is 19.5 Å². The average Bonchev–Trinajstić information content (AvgIpc) is 3.13. The van der Waals surface area contributed by atoms with Crippen molar-refractivity contribution in [2.24, 2.45) is 0 Å². The first-order chi connectivity index (χ1) is 12.6. The molecule has 1 heterocycles. The number of ether oxygens (including phenoxy) is 3. The number of amides is 2. The number of hydrogen-bond acceptors (Lipinski definition) is 5. The van der Waals surface area contributed by atoms with Gasteiger partial charge in [-0.15, -0.1) is 0 Å². The molecule has 0 atom stereocenters. The maximum atomic E-state index is 11.9. The highest BCUT2D eigenvalue weighted by Crippen LogP contribution is 2.32. The van der Waals surface area contributed by atoms with Crippen LogP contribution in [0, 0.1) is 0 Å². The zero-order valence-electron chi connectivity index (χ0n) is 14.4. The third-order valence-corrected chi connectivity index (χ3v) is 3.90. The molecule has 0 aromatic heterocycles. The molecule has 2 aromatic carbocycles. The first kappa shape index (κ1) is 17.6. The van der Waals surface area contributed by atoms with E-state index < -0.39 is 0 Å². The minimum atomic E-state index is -0.338. The molecular formula is C19H20N2O5. The molecule has 0 spiro atoms. The smallest absolute Gasteiger partial charge is 0.231 e. The van der Waals surface area contributed by atoms with Crippen molar-refractivity contribution in [3.8, 4) is 17.2 Å². The predicted octanol–water partition coefficient (Wildman–Crippen LogP) is 1.75. The van der Waals surface area contributed by atoms with Gasteiger partial charge in [-0.1, -0.05) is 18.2 Å². The fraction of sp³-hybridized carbons (Fsp3) is 0.263. The van der Waals surface area contributed by atoms with Gasteiger partial charge in [-0.2, -0.15) is 0 Å². The topological polar surface area (TPSA) is 85.9 Å². The van der Waals surface area contributed by atoms with Crippen LogP contribution in [0.3, 0.4) is 0 Å². The number of hydrogen-bond donors (Lipinski definition) is 2. The minimum absolute atomic E-state index is 0.208. The molecular weight excluding hydrogens is 336 g/mol. The van der Waals surface area contributed by atoms with Gasteiger partial charge in [0.05, 0.1) is 7.11 Å². The fourth-order valence-electron chi connectivity index (χ4n) is 2.47. The average molecular weight is 356 g/mol. The van der Waals surface area contributed by atoms with Gasteiger partial charge in [0.15, 0.2) is 11.5 Å². The summed E-state index contributed by atoms with van der Waals surface area (Å²) in [5.74, 6) is 1.44. The number of rotatable bonds is 7. The standard InChI is InChI=1S/C19H20N2O5/c1-24-15-5-2-13(3-6-15)10-20-18(22)9-19(23)21-11-14-4-7-16-17(8-14)26-12-25-16/h2-8H,9-12H2,1H3,(H,20,22)(H,21,23). The maximum Gasteiger partial charge on any atom is 0.231 e. The van der Waals surface area contributed by atoms with Crippen LogP contribution in [0.5, 0.6) is 17.2 Å². The lowest BCUT2D eigenvalue weighted by Crippen LogP contribution is -2.31. The number of nitrogens with one attached hydrogen (secondary N) is 2. The fourth-order valence-corrected chi connectivity index (χ4v) is 2.47. The van der Waals surface area contributed by atoms with Crippen molar-refractivity contribution in [3.05, 3.63) is 53.6 Å². The summed E-state index contributed by atoms with van der Waals surface area (Å²) in [5.41, 5.74) is 1.81. The van der Waals surface area contributed by atoms with Crippen LogP contribution in [0.1, 0.15) is 17.5 Å². The quantitative estimate of drug-likeness (QED) is 0.738. The molecule has 136 valence electrons. The van der Waals surface area contributed by atoms with Gasteiger partial charge in [-0.05, 0) is 35.4 Å². The molecule has 0 aliphatic carbocycles.